The quantitative estimate of drug-likeness (QED) is 0.255. The summed E-state index contributed by atoms with van der Waals surface area (Å²) in [5.74, 6) is 1.60. The lowest BCUT2D eigenvalue weighted by Crippen LogP contribution is -2.45. The molecule has 1 aliphatic heterocycles. The second-order valence-corrected chi connectivity index (χ2v) is 10.4. The molecule has 0 saturated heterocycles. The molecular weight excluding hydrogens is 490 g/mol. The molecule has 0 spiro atoms. The molecule has 2 N–H and O–H groups in total. The highest BCUT2D eigenvalue weighted by Crippen LogP contribution is 2.29. The number of amidine groups is 1. The number of benzene rings is 5. The highest BCUT2D eigenvalue weighted by Gasteiger charge is 2.26. The first kappa shape index (κ1) is 24.2. The van der Waals surface area contributed by atoms with Gasteiger partial charge in [-0.25, -0.2) is 15.0 Å². The predicted molar refractivity (Wildman–Crippen MR) is 163 cm³/mol. The lowest BCUT2D eigenvalue weighted by molar-refractivity contribution is 0.409. The van der Waals surface area contributed by atoms with E-state index >= 15 is 0 Å². The summed E-state index contributed by atoms with van der Waals surface area (Å²) in [5.41, 5.74) is 6.19. The number of aliphatic imine (C=N–C) groups is 1. The Morgan fingerprint density at radius 3 is 1.98 bits per heavy atom. The fraction of sp³-hybridized carbons (Fsp3) is 0.114. The van der Waals surface area contributed by atoms with Crippen LogP contribution in [0.15, 0.2) is 120 Å². The predicted octanol–water partition coefficient (Wildman–Crippen LogP) is 7.40. The number of aryl methyl sites for hydroxylation is 2. The zero-order chi connectivity index (χ0) is 27.1. The number of hydrogen-bond donors (Lipinski definition) is 2. The third-order valence-corrected chi connectivity index (χ3v) is 7.44. The van der Waals surface area contributed by atoms with E-state index in [2.05, 4.69) is 120 Å². The van der Waals surface area contributed by atoms with Gasteiger partial charge in [0, 0.05) is 22.5 Å². The van der Waals surface area contributed by atoms with E-state index in [4.69, 9.17) is 15.0 Å². The fourth-order valence-corrected chi connectivity index (χ4v) is 5.47. The molecule has 0 saturated carbocycles. The maximum absolute atomic E-state index is 5.19. The monoisotopic (exact) mass is 519 g/mol. The van der Waals surface area contributed by atoms with Crippen molar-refractivity contribution in [2.24, 2.45) is 4.99 Å². The highest BCUT2D eigenvalue weighted by molar-refractivity contribution is 6.02. The molecule has 1 aromatic heterocycles. The molecule has 1 aliphatic rings. The molecule has 2 heterocycles. The Morgan fingerprint density at radius 2 is 1.23 bits per heavy atom. The molecule has 0 aliphatic carbocycles. The highest BCUT2D eigenvalue weighted by atomic mass is 15.3. The van der Waals surface area contributed by atoms with Gasteiger partial charge in [-0.1, -0.05) is 91.0 Å². The third-order valence-electron chi connectivity index (χ3n) is 7.44. The molecule has 0 radical (unpaired) electrons. The van der Waals surface area contributed by atoms with Crippen molar-refractivity contribution in [3.8, 4) is 11.4 Å². The van der Waals surface area contributed by atoms with Crippen molar-refractivity contribution in [1.29, 1.82) is 0 Å². The van der Waals surface area contributed by atoms with Crippen LogP contribution in [-0.4, -0.2) is 15.8 Å². The first-order valence-corrected chi connectivity index (χ1v) is 13.6. The van der Waals surface area contributed by atoms with Crippen molar-refractivity contribution < 1.29 is 0 Å². The van der Waals surface area contributed by atoms with E-state index in [9.17, 15) is 0 Å². The van der Waals surface area contributed by atoms with E-state index in [1.807, 2.05) is 19.9 Å². The van der Waals surface area contributed by atoms with Crippen molar-refractivity contribution >= 4 is 27.4 Å². The first-order valence-electron chi connectivity index (χ1n) is 13.6. The van der Waals surface area contributed by atoms with Gasteiger partial charge in [-0.05, 0) is 70.8 Å². The minimum Gasteiger partial charge on any atom is -0.350 e. The number of fused-ring (bicyclic) bond motifs is 2. The van der Waals surface area contributed by atoms with Gasteiger partial charge >= 0.3 is 0 Å². The molecule has 7 rings (SSSR count). The van der Waals surface area contributed by atoms with E-state index in [0.29, 0.717) is 0 Å². The van der Waals surface area contributed by atoms with Gasteiger partial charge in [0.1, 0.15) is 18.2 Å². The summed E-state index contributed by atoms with van der Waals surface area (Å²) < 4.78 is 0. The number of nitrogens with one attached hydrogen (secondary N) is 2. The molecule has 194 valence electrons. The van der Waals surface area contributed by atoms with Crippen molar-refractivity contribution in [2.75, 3.05) is 0 Å². The largest absolute Gasteiger partial charge is 0.350 e. The fourth-order valence-electron chi connectivity index (χ4n) is 5.47. The second-order valence-electron chi connectivity index (χ2n) is 10.4. The standard InChI is InChI=1S/C35H29N5/c1-22-18-23(2)37-32(36-22)28-12-7-13-29(21-28)33-38-34(30-16-14-24-8-3-5-10-26(24)19-30)40-35(39-33)31-17-15-25-9-4-6-11-27(25)20-31/h3-21,33-34,38H,1-2H3,(H,39,40). The summed E-state index contributed by atoms with van der Waals surface area (Å²) in [7, 11) is 0. The van der Waals surface area contributed by atoms with Crippen LogP contribution in [0.3, 0.4) is 0 Å². The molecule has 5 nitrogen and oxygen atoms in total. The summed E-state index contributed by atoms with van der Waals surface area (Å²) in [4.78, 5) is 14.6. The lowest BCUT2D eigenvalue weighted by Gasteiger charge is -2.32. The summed E-state index contributed by atoms with van der Waals surface area (Å²) >= 11 is 0. The first-order chi connectivity index (χ1) is 19.6. The van der Waals surface area contributed by atoms with Crippen molar-refractivity contribution in [1.82, 2.24) is 20.6 Å². The molecule has 0 bridgehead atoms. The van der Waals surface area contributed by atoms with Crippen LogP contribution in [0, 0.1) is 13.8 Å². The zero-order valence-electron chi connectivity index (χ0n) is 22.5. The van der Waals surface area contributed by atoms with Gasteiger partial charge in [-0.3, -0.25) is 5.32 Å². The minimum atomic E-state index is -0.224. The van der Waals surface area contributed by atoms with Crippen LogP contribution >= 0.6 is 0 Å². The molecule has 2 atom stereocenters. The molecule has 40 heavy (non-hydrogen) atoms. The van der Waals surface area contributed by atoms with Gasteiger partial charge in [0.05, 0.1) is 0 Å². The van der Waals surface area contributed by atoms with E-state index in [1.165, 1.54) is 21.5 Å². The van der Waals surface area contributed by atoms with Crippen LogP contribution in [0.4, 0.5) is 0 Å². The van der Waals surface area contributed by atoms with Crippen LogP contribution in [-0.2, 0) is 0 Å². The maximum atomic E-state index is 5.19. The zero-order valence-corrected chi connectivity index (χ0v) is 22.5. The average Bonchev–Trinajstić information content (AvgIpc) is 3.00. The van der Waals surface area contributed by atoms with Gasteiger partial charge in [-0.15, -0.1) is 0 Å². The molecule has 0 amide bonds. The summed E-state index contributed by atoms with van der Waals surface area (Å²) in [5, 5.41) is 12.3. The van der Waals surface area contributed by atoms with Gasteiger partial charge in [0.2, 0.25) is 0 Å². The molecule has 2 unspecified atom stereocenters. The van der Waals surface area contributed by atoms with E-state index < -0.39 is 0 Å². The molecule has 6 aromatic rings. The smallest absolute Gasteiger partial charge is 0.159 e. The minimum absolute atomic E-state index is 0.165. The summed E-state index contributed by atoms with van der Waals surface area (Å²) in [6.45, 7) is 4.01. The number of nitrogens with zero attached hydrogens (tertiary/aromatic N) is 3. The lowest BCUT2D eigenvalue weighted by atomic mass is 10.0. The van der Waals surface area contributed by atoms with Crippen molar-refractivity contribution in [3.05, 3.63) is 143 Å². The Balaban J connectivity index is 1.31. The van der Waals surface area contributed by atoms with Gasteiger partial charge < -0.3 is 5.32 Å². The van der Waals surface area contributed by atoms with Crippen LogP contribution in [0.1, 0.15) is 40.4 Å². The Labute approximate surface area is 233 Å². The van der Waals surface area contributed by atoms with Crippen LogP contribution in [0.25, 0.3) is 32.9 Å². The van der Waals surface area contributed by atoms with Crippen LogP contribution in [0.2, 0.25) is 0 Å². The molecule has 5 heteroatoms. The summed E-state index contributed by atoms with van der Waals surface area (Å²) in [6, 6.07) is 40.4. The normalized spacial score (nSPS) is 17.0. The van der Waals surface area contributed by atoms with E-state index in [1.54, 1.807) is 0 Å². The van der Waals surface area contributed by atoms with Crippen LogP contribution < -0.4 is 10.6 Å². The van der Waals surface area contributed by atoms with E-state index in [0.717, 1.165) is 45.3 Å². The second kappa shape index (κ2) is 10.0. The Bertz CT molecular complexity index is 1890. The Morgan fingerprint density at radius 1 is 0.550 bits per heavy atom. The van der Waals surface area contributed by atoms with Gasteiger partial charge in [0.25, 0.3) is 0 Å². The number of rotatable bonds is 4. The Hall–Kier alpha value is -4.87. The number of hydrogen-bond acceptors (Lipinski definition) is 5. The molecule has 0 fully saturated rings. The average molecular weight is 520 g/mol. The molecular formula is C35H29N5. The topological polar surface area (TPSA) is 62.2 Å². The van der Waals surface area contributed by atoms with Gasteiger partial charge in [0.15, 0.2) is 5.82 Å². The number of aromatic nitrogens is 2. The maximum Gasteiger partial charge on any atom is 0.159 e. The van der Waals surface area contributed by atoms with E-state index in [-0.39, 0.29) is 12.3 Å². The Kier molecular flexibility index (Phi) is 6.06. The third kappa shape index (κ3) is 4.72. The van der Waals surface area contributed by atoms with Gasteiger partial charge in [-0.2, -0.15) is 0 Å². The van der Waals surface area contributed by atoms with Crippen LogP contribution in [0.5, 0.6) is 0 Å². The van der Waals surface area contributed by atoms with Crippen molar-refractivity contribution in [2.45, 2.75) is 26.2 Å². The SMILES string of the molecule is Cc1cc(C)nc(-c2cccc(C3NC(c4ccc5ccccc5c4)=NC(c4ccc5ccccc5c4)N3)c2)n1. The molecule has 5 aromatic carbocycles. The van der Waals surface area contributed by atoms with Crippen molar-refractivity contribution in [3.63, 3.8) is 0 Å². The summed E-state index contributed by atoms with van der Waals surface area (Å²) in [6.07, 6.45) is -0.389.